The van der Waals surface area contributed by atoms with E-state index in [2.05, 4.69) is 10.3 Å². The highest BCUT2D eigenvalue weighted by Gasteiger charge is 2.30. The summed E-state index contributed by atoms with van der Waals surface area (Å²) in [5, 5.41) is 3.10. The minimum absolute atomic E-state index is 0.0351. The topological polar surface area (TPSA) is 77.2 Å². The van der Waals surface area contributed by atoms with Crippen molar-refractivity contribution in [1.82, 2.24) is 4.98 Å². The number of fused-ring (bicyclic) bond motifs is 1. The Labute approximate surface area is 157 Å². The molecule has 3 N–H and O–H groups in total. The van der Waals surface area contributed by atoms with Gasteiger partial charge < -0.3 is 15.8 Å². The lowest BCUT2D eigenvalue weighted by Crippen LogP contribution is -2.13. The molecule has 0 saturated carbocycles. The fourth-order valence-corrected chi connectivity index (χ4v) is 3.82. The van der Waals surface area contributed by atoms with Crippen LogP contribution in [0.5, 0.6) is 0 Å². The van der Waals surface area contributed by atoms with E-state index in [0.29, 0.717) is 16.8 Å². The summed E-state index contributed by atoms with van der Waals surface area (Å²) in [4.78, 5) is 17.8. The van der Waals surface area contributed by atoms with Crippen LogP contribution in [0.3, 0.4) is 0 Å². The third kappa shape index (κ3) is 3.88. The smallest absolute Gasteiger partial charge is 0.397 e. The molecule has 142 valence electrons. The number of ether oxygens (including phenoxy) is 1. The van der Waals surface area contributed by atoms with Crippen molar-refractivity contribution in [3.63, 3.8) is 0 Å². The van der Waals surface area contributed by atoms with Gasteiger partial charge in [-0.05, 0) is 36.8 Å². The average Bonchev–Trinajstić information content (AvgIpc) is 2.91. The van der Waals surface area contributed by atoms with Crippen LogP contribution in [0, 0.1) is 6.92 Å². The number of alkyl halides is 3. The molecule has 0 saturated heterocycles. The highest BCUT2D eigenvalue weighted by molar-refractivity contribution is 7.21. The number of rotatable bonds is 4. The van der Waals surface area contributed by atoms with E-state index in [1.165, 1.54) is 12.1 Å². The van der Waals surface area contributed by atoms with Crippen molar-refractivity contribution < 1.29 is 22.7 Å². The number of aryl methyl sites for hydroxylation is 1. The lowest BCUT2D eigenvalue weighted by molar-refractivity contribution is -0.137. The molecule has 0 aliphatic carbocycles. The van der Waals surface area contributed by atoms with Gasteiger partial charge in [-0.3, -0.25) is 4.79 Å². The first-order valence-electron chi connectivity index (χ1n) is 7.86. The maximum absolute atomic E-state index is 12.8. The van der Waals surface area contributed by atoms with Crippen LogP contribution in [0.1, 0.15) is 26.5 Å². The van der Waals surface area contributed by atoms with Crippen molar-refractivity contribution in [2.45, 2.75) is 19.7 Å². The molecule has 5 nitrogen and oxygen atoms in total. The monoisotopic (exact) mass is 395 g/mol. The number of anilines is 2. The van der Waals surface area contributed by atoms with Gasteiger partial charge in [-0.2, -0.15) is 13.2 Å². The van der Waals surface area contributed by atoms with E-state index in [1.54, 1.807) is 7.11 Å². The molecule has 1 aromatic carbocycles. The molecule has 2 aromatic heterocycles. The van der Waals surface area contributed by atoms with Gasteiger partial charge in [-0.25, -0.2) is 4.98 Å². The Bertz CT molecular complexity index is 1010. The van der Waals surface area contributed by atoms with Gasteiger partial charge in [0.1, 0.15) is 9.71 Å². The summed E-state index contributed by atoms with van der Waals surface area (Å²) in [7, 11) is 1.55. The number of benzene rings is 1. The number of nitrogen functional groups attached to an aromatic ring is 1. The van der Waals surface area contributed by atoms with Gasteiger partial charge in [-0.1, -0.05) is 6.07 Å². The number of aromatic nitrogens is 1. The zero-order chi connectivity index (χ0) is 19.8. The van der Waals surface area contributed by atoms with Gasteiger partial charge in [0.2, 0.25) is 0 Å². The number of methoxy groups -OCH3 is 1. The molecule has 3 aromatic rings. The summed E-state index contributed by atoms with van der Waals surface area (Å²) >= 11 is 1.09. The van der Waals surface area contributed by atoms with Gasteiger partial charge in [0.25, 0.3) is 5.91 Å². The van der Waals surface area contributed by atoms with Crippen molar-refractivity contribution in [3.05, 3.63) is 52.0 Å². The number of carbonyl (C=O) groups excluding carboxylic acids is 1. The second-order valence-corrected chi connectivity index (χ2v) is 6.91. The largest absolute Gasteiger partial charge is 0.416 e. The molecule has 3 rings (SSSR count). The molecule has 0 radical (unpaired) electrons. The van der Waals surface area contributed by atoms with Crippen LogP contribution in [0.25, 0.3) is 10.2 Å². The zero-order valence-corrected chi connectivity index (χ0v) is 15.3. The summed E-state index contributed by atoms with van der Waals surface area (Å²) in [5.74, 6) is -0.587. The number of amides is 1. The van der Waals surface area contributed by atoms with E-state index >= 15 is 0 Å². The molecule has 1 amide bonds. The van der Waals surface area contributed by atoms with Crippen LogP contribution >= 0.6 is 11.3 Å². The molecule has 0 fully saturated rings. The number of carbonyl (C=O) groups is 1. The van der Waals surface area contributed by atoms with Crippen LogP contribution in [-0.2, 0) is 17.5 Å². The Morgan fingerprint density at radius 3 is 2.74 bits per heavy atom. The number of hydrogen-bond donors (Lipinski definition) is 2. The second kappa shape index (κ2) is 7.16. The first-order valence-corrected chi connectivity index (χ1v) is 8.68. The highest BCUT2D eigenvalue weighted by Crippen LogP contribution is 2.36. The third-order valence-corrected chi connectivity index (χ3v) is 4.96. The van der Waals surface area contributed by atoms with E-state index in [-0.39, 0.29) is 16.3 Å². The van der Waals surface area contributed by atoms with Gasteiger partial charge in [0, 0.05) is 23.9 Å². The summed E-state index contributed by atoms with van der Waals surface area (Å²) < 4.78 is 43.7. The van der Waals surface area contributed by atoms with Crippen molar-refractivity contribution in [2.24, 2.45) is 0 Å². The summed E-state index contributed by atoms with van der Waals surface area (Å²) in [6.45, 7) is 2.12. The van der Waals surface area contributed by atoms with E-state index in [0.717, 1.165) is 34.7 Å². The first-order chi connectivity index (χ1) is 12.7. The number of pyridine rings is 1. The molecule has 0 bridgehead atoms. The Morgan fingerprint density at radius 1 is 1.33 bits per heavy atom. The van der Waals surface area contributed by atoms with Crippen LogP contribution in [0.15, 0.2) is 30.3 Å². The minimum atomic E-state index is -4.49. The second-order valence-electron chi connectivity index (χ2n) is 5.91. The van der Waals surface area contributed by atoms with Crippen molar-refractivity contribution in [2.75, 3.05) is 18.2 Å². The fraction of sp³-hybridized carbons (Fsp3) is 0.222. The molecular weight excluding hydrogens is 379 g/mol. The standard InChI is InChI=1S/C18H16F3N3O2S/c1-9-6-10(8-26-2)13-14(22)15(27-17(13)23-9)16(25)24-12-5-3-4-11(7-12)18(19,20)21/h3-7H,8,22H2,1-2H3,(H,24,25). The molecule has 0 atom stereocenters. The number of nitrogens with two attached hydrogens (primary N) is 1. The summed E-state index contributed by atoms with van der Waals surface area (Å²) in [6.07, 6.45) is -4.49. The molecule has 27 heavy (non-hydrogen) atoms. The highest BCUT2D eigenvalue weighted by atomic mass is 32.1. The van der Waals surface area contributed by atoms with E-state index in [4.69, 9.17) is 10.5 Å². The SMILES string of the molecule is COCc1cc(C)nc2sc(C(=O)Nc3cccc(C(F)(F)F)c3)c(N)c12. The Morgan fingerprint density at radius 2 is 2.07 bits per heavy atom. The van der Waals surface area contributed by atoms with E-state index < -0.39 is 17.6 Å². The lowest BCUT2D eigenvalue weighted by atomic mass is 10.1. The fourth-order valence-electron chi connectivity index (χ4n) is 2.74. The lowest BCUT2D eigenvalue weighted by Gasteiger charge is -2.09. The first kappa shape index (κ1) is 19.1. The molecule has 0 aliphatic rings. The molecule has 0 unspecified atom stereocenters. The number of thiophene rings is 1. The van der Waals surface area contributed by atoms with Crippen LogP contribution in [-0.4, -0.2) is 18.0 Å². The molecule has 2 heterocycles. The number of halogens is 3. The minimum Gasteiger partial charge on any atom is -0.397 e. The van der Waals surface area contributed by atoms with Crippen molar-refractivity contribution in [3.8, 4) is 0 Å². The number of nitrogens with zero attached hydrogens (tertiary/aromatic N) is 1. The maximum Gasteiger partial charge on any atom is 0.416 e. The number of hydrogen-bond acceptors (Lipinski definition) is 5. The summed E-state index contributed by atoms with van der Waals surface area (Å²) in [5.41, 5.74) is 7.12. The Balaban J connectivity index is 1.97. The predicted octanol–water partition coefficient (Wildman–Crippen LogP) is 4.60. The van der Waals surface area contributed by atoms with Crippen LogP contribution in [0.4, 0.5) is 24.5 Å². The van der Waals surface area contributed by atoms with Gasteiger partial charge >= 0.3 is 6.18 Å². The zero-order valence-electron chi connectivity index (χ0n) is 14.5. The van der Waals surface area contributed by atoms with Crippen LogP contribution < -0.4 is 11.1 Å². The van der Waals surface area contributed by atoms with E-state index in [9.17, 15) is 18.0 Å². The Hall–Kier alpha value is -2.65. The third-order valence-electron chi connectivity index (χ3n) is 3.86. The normalized spacial score (nSPS) is 11.7. The molecule has 0 spiro atoms. The maximum atomic E-state index is 12.8. The predicted molar refractivity (Wildman–Crippen MR) is 98.9 cm³/mol. The molecule has 0 aliphatic heterocycles. The number of nitrogens with one attached hydrogen (secondary N) is 1. The molecule has 9 heteroatoms. The summed E-state index contributed by atoms with van der Waals surface area (Å²) in [6, 6.07) is 6.25. The van der Waals surface area contributed by atoms with Gasteiger partial charge in [-0.15, -0.1) is 11.3 Å². The van der Waals surface area contributed by atoms with Crippen molar-refractivity contribution >= 4 is 38.8 Å². The average molecular weight is 395 g/mol. The van der Waals surface area contributed by atoms with Gasteiger partial charge in [0.05, 0.1) is 17.9 Å². The quantitative estimate of drug-likeness (QED) is 0.677. The van der Waals surface area contributed by atoms with Crippen LogP contribution in [0.2, 0.25) is 0 Å². The van der Waals surface area contributed by atoms with E-state index in [1.807, 2.05) is 13.0 Å². The van der Waals surface area contributed by atoms with Gasteiger partial charge in [0.15, 0.2) is 0 Å². The van der Waals surface area contributed by atoms with Crippen molar-refractivity contribution in [1.29, 1.82) is 0 Å². The molecular formula is C18H16F3N3O2S. The Kier molecular flexibility index (Phi) is 5.07.